The predicted octanol–water partition coefficient (Wildman–Crippen LogP) is 7.44. The van der Waals surface area contributed by atoms with Gasteiger partial charge in [0, 0.05) is 61.1 Å². The van der Waals surface area contributed by atoms with Gasteiger partial charge in [0.2, 0.25) is 0 Å². The van der Waals surface area contributed by atoms with E-state index >= 15 is 0 Å². The molecule has 0 fully saturated rings. The Balaban J connectivity index is 1.36. The van der Waals surface area contributed by atoms with E-state index in [4.69, 9.17) is 9.05 Å². The summed E-state index contributed by atoms with van der Waals surface area (Å²) in [5, 5.41) is 0. The molecule has 0 radical (unpaired) electrons. The average Bonchev–Trinajstić information content (AvgIpc) is 3.65. The Morgan fingerprint density at radius 3 is 1.34 bits per heavy atom. The summed E-state index contributed by atoms with van der Waals surface area (Å²) >= 11 is 0. The summed E-state index contributed by atoms with van der Waals surface area (Å²) in [6.45, 7) is 0.879. The number of hydrogen-bond acceptors (Lipinski definition) is 3. The van der Waals surface area contributed by atoms with E-state index in [9.17, 15) is 0 Å². The SMILES string of the molecule is C1=CN(P(Oc2ccccc2-c2ccccc2OP(n2cccc2)n2cccc2)n2cccc2)C1. The second kappa shape index (κ2) is 9.87. The maximum Gasteiger partial charge on any atom is 0.317 e. The lowest BCUT2D eigenvalue weighted by molar-refractivity contribution is 0.496. The summed E-state index contributed by atoms with van der Waals surface area (Å²) in [6, 6.07) is 28.5. The van der Waals surface area contributed by atoms with Crippen molar-refractivity contribution in [3.05, 3.63) is 134 Å². The molecular weight excluding hydrogens is 474 g/mol. The maximum absolute atomic E-state index is 6.71. The lowest BCUT2D eigenvalue weighted by Crippen LogP contribution is -2.23. The molecule has 6 rings (SSSR count). The van der Waals surface area contributed by atoms with Crippen molar-refractivity contribution < 1.29 is 9.05 Å². The molecule has 4 heterocycles. The fraction of sp³-hybridized carbons (Fsp3) is 0.0370. The first kappa shape index (κ1) is 21.8. The Labute approximate surface area is 207 Å². The monoisotopic (exact) mass is 498 g/mol. The molecule has 0 N–H and O–H groups in total. The van der Waals surface area contributed by atoms with Gasteiger partial charge in [-0.15, -0.1) is 0 Å². The fourth-order valence-corrected chi connectivity index (χ4v) is 6.95. The number of benzene rings is 2. The second-order valence-electron chi connectivity index (χ2n) is 7.88. The van der Waals surface area contributed by atoms with Crippen LogP contribution < -0.4 is 9.05 Å². The van der Waals surface area contributed by atoms with Crippen LogP contribution in [-0.2, 0) is 0 Å². The minimum absolute atomic E-state index is 0.811. The molecule has 35 heavy (non-hydrogen) atoms. The third kappa shape index (κ3) is 4.51. The van der Waals surface area contributed by atoms with Gasteiger partial charge < -0.3 is 13.7 Å². The van der Waals surface area contributed by atoms with E-state index in [1.165, 1.54) is 0 Å². The van der Waals surface area contributed by atoms with Crippen LogP contribution in [-0.4, -0.2) is 24.2 Å². The molecule has 5 aromatic rings. The molecule has 1 aliphatic heterocycles. The summed E-state index contributed by atoms with van der Waals surface area (Å²) in [5.41, 5.74) is 2.00. The van der Waals surface area contributed by atoms with Crippen molar-refractivity contribution >= 4 is 16.9 Å². The van der Waals surface area contributed by atoms with Crippen LogP contribution in [0.4, 0.5) is 0 Å². The lowest BCUT2D eigenvalue weighted by Gasteiger charge is -2.33. The smallest absolute Gasteiger partial charge is 0.317 e. The van der Waals surface area contributed by atoms with Crippen molar-refractivity contribution in [1.29, 1.82) is 0 Å². The Kier molecular flexibility index (Phi) is 6.15. The Morgan fingerprint density at radius 2 is 0.914 bits per heavy atom. The van der Waals surface area contributed by atoms with Gasteiger partial charge in [-0.2, -0.15) is 0 Å². The van der Waals surface area contributed by atoms with Gasteiger partial charge in [0.05, 0.1) is 0 Å². The Morgan fingerprint density at radius 1 is 0.514 bits per heavy atom. The average molecular weight is 498 g/mol. The first-order valence-electron chi connectivity index (χ1n) is 11.3. The molecule has 1 atom stereocenters. The lowest BCUT2D eigenvalue weighted by atomic mass is 10.0. The molecule has 0 amide bonds. The Hall–Kier alpha value is -3.72. The van der Waals surface area contributed by atoms with Gasteiger partial charge in [-0.1, -0.05) is 36.4 Å². The zero-order chi connectivity index (χ0) is 23.5. The van der Waals surface area contributed by atoms with Crippen LogP contribution in [0.1, 0.15) is 0 Å². The van der Waals surface area contributed by atoms with E-state index < -0.39 is 16.9 Å². The molecule has 1 unspecified atom stereocenters. The van der Waals surface area contributed by atoms with Crippen LogP contribution in [0, 0.1) is 0 Å². The van der Waals surface area contributed by atoms with Crippen molar-refractivity contribution in [3.8, 4) is 22.6 Å². The molecular formula is C27H24N4O2P2. The molecule has 174 valence electrons. The standard InChI is InChI=1S/C27H24N4O2P2/c1-3-14-26(32-34(28-16-5-6-17-28)29-18-7-8-19-29)24(12-1)25-13-2-4-15-27(25)33-35(31-22-11-23-31)30-20-9-10-21-30/h1-22H,23H2. The van der Waals surface area contributed by atoms with Crippen molar-refractivity contribution in [2.75, 3.05) is 6.54 Å². The minimum Gasteiger partial charge on any atom is -0.436 e. The van der Waals surface area contributed by atoms with Crippen LogP contribution in [0.3, 0.4) is 0 Å². The van der Waals surface area contributed by atoms with Gasteiger partial charge in [-0.05, 0) is 54.6 Å². The van der Waals surface area contributed by atoms with Crippen LogP contribution in [0.25, 0.3) is 11.1 Å². The first-order chi connectivity index (χ1) is 17.4. The minimum atomic E-state index is -1.14. The second-order valence-corrected chi connectivity index (χ2v) is 11.2. The maximum atomic E-state index is 6.71. The van der Waals surface area contributed by atoms with Crippen molar-refractivity contribution in [2.24, 2.45) is 0 Å². The summed E-state index contributed by atoms with van der Waals surface area (Å²) in [7, 11) is -2.19. The highest BCUT2D eigenvalue weighted by Crippen LogP contribution is 2.50. The molecule has 0 aliphatic carbocycles. The van der Waals surface area contributed by atoms with Crippen LogP contribution in [0.2, 0.25) is 0 Å². The van der Waals surface area contributed by atoms with Crippen molar-refractivity contribution in [1.82, 2.24) is 17.7 Å². The summed E-state index contributed by atoms with van der Waals surface area (Å²) in [6.07, 6.45) is 16.5. The molecule has 0 bridgehead atoms. The quantitative estimate of drug-likeness (QED) is 0.198. The number of nitrogens with zero attached hydrogens (tertiary/aromatic N) is 4. The van der Waals surface area contributed by atoms with Gasteiger partial charge in [-0.25, -0.2) is 0 Å². The zero-order valence-electron chi connectivity index (χ0n) is 18.9. The van der Waals surface area contributed by atoms with E-state index in [1.807, 2.05) is 97.6 Å². The zero-order valence-corrected chi connectivity index (χ0v) is 20.7. The Bertz CT molecular complexity index is 1360. The molecule has 1 aliphatic rings. The highest BCUT2D eigenvalue weighted by atomic mass is 31.2. The molecule has 3 aromatic heterocycles. The third-order valence-electron chi connectivity index (χ3n) is 5.57. The van der Waals surface area contributed by atoms with E-state index in [1.54, 1.807) is 0 Å². The molecule has 8 heteroatoms. The predicted molar refractivity (Wildman–Crippen MR) is 142 cm³/mol. The van der Waals surface area contributed by atoms with Gasteiger partial charge in [0.25, 0.3) is 0 Å². The summed E-state index contributed by atoms with van der Waals surface area (Å²) < 4.78 is 22.0. The highest BCUT2D eigenvalue weighted by Gasteiger charge is 2.26. The molecule has 2 aromatic carbocycles. The summed E-state index contributed by atoms with van der Waals surface area (Å²) in [5.74, 6) is 1.64. The van der Waals surface area contributed by atoms with Crippen LogP contribution in [0.15, 0.2) is 134 Å². The van der Waals surface area contributed by atoms with Crippen LogP contribution in [0.5, 0.6) is 11.5 Å². The van der Waals surface area contributed by atoms with E-state index in [-0.39, 0.29) is 0 Å². The van der Waals surface area contributed by atoms with E-state index in [0.29, 0.717) is 0 Å². The largest absolute Gasteiger partial charge is 0.436 e. The van der Waals surface area contributed by atoms with Gasteiger partial charge in [0.1, 0.15) is 11.5 Å². The fourth-order valence-electron chi connectivity index (χ4n) is 3.80. The van der Waals surface area contributed by atoms with Crippen LogP contribution >= 0.6 is 16.9 Å². The van der Waals surface area contributed by atoms with Gasteiger partial charge in [-0.3, -0.25) is 13.0 Å². The number of rotatable bonds is 9. The van der Waals surface area contributed by atoms with Gasteiger partial charge in [0.15, 0.2) is 0 Å². The summed E-state index contributed by atoms with van der Waals surface area (Å²) in [4.78, 5) is 0. The van der Waals surface area contributed by atoms with Gasteiger partial charge >= 0.3 is 16.9 Å². The van der Waals surface area contributed by atoms with E-state index in [0.717, 1.165) is 29.2 Å². The van der Waals surface area contributed by atoms with Crippen molar-refractivity contribution in [3.63, 3.8) is 0 Å². The molecule has 0 saturated carbocycles. The number of para-hydroxylation sites is 2. The number of aromatic nitrogens is 3. The molecule has 6 nitrogen and oxygen atoms in total. The van der Waals surface area contributed by atoms with Crippen molar-refractivity contribution in [2.45, 2.75) is 0 Å². The third-order valence-corrected chi connectivity index (χ3v) is 9.01. The normalized spacial score (nSPS) is 13.6. The molecule has 0 spiro atoms. The van der Waals surface area contributed by atoms with E-state index in [2.05, 4.69) is 54.5 Å². The highest BCUT2D eigenvalue weighted by molar-refractivity contribution is 7.49. The first-order valence-corrected chi connectivity index (χ1v) is 13.7. The number of hydrogen-bond donors (Lipinski definition) is 0. The molecule has 0 saturated heterocycles. The topological polar surface area (TPSA) is 36.5 Å².